The summed E-state index contributed by atoms with van der Waals surface area (Å²) >= 11 is 0. The molecule has 10 aromatic rings. The molecule has 218 valence electrons. The molecule has 1 heterocycles. The third-order valence-electron chi connectivity index (χ3n) is 9.15. The Morgan fingerprint density at radius 3 is 1.64 bits per heavy atom. The van der Waals surface area contributed by atoms with E-state index in [9.17, 15) is 2.74 Å². The second-order valence-corrected chi connectivity index (χ2v) is 11.7. The van der Waals surface area contributed by atoms with Gasteiger partial charge < -0.3 is 4.42 Å². The molecule has 0 saturated heterocycles. The molecule has 47 heavy (non-hydrogen) atoms. The van der Waals surface area contributed by atoms with E-state index < -0.39 is 30.2 Å². The zero-order valence-electron chi connectivity index (χ0n) is 33.9. The second kappa shape index (κ2) is 10.2. The summed E-state index contributed by atoms with van der Waals surface area (Å²) < 4.78 is 86.0. The number of hydrogen-bond acceptors (Lipinski definition) is 1. The number of rotatable bonds is 3. The van der Waals surface area contributed by atoms with Gasteiger partial charge in [0.15, 0.2) is 0 Å². The molecule has 1 nitrogen and oxygen atoms in total. The first-order valence-electron chi connectivity index (χ1n) is 20.0. The van der Waals surface area contributed by atoms with Crippen LogP contribution in [0.5, 0.6) is 0 Å². The largest absolute Gasteiger partial charge is 0.456 e. The molecule has 1 aromatic heterocycles. The van der Waals surface area contributed by atoms with Crippen molar-refractivity contribution >= 4 is 65.0 Å². The number of hydrogen-bond donors (Lipinski definition) is 0. The maximum atomic E-state index is 9.42. The van der Waals surface area contributed by atoms with E-state index in [1.165, 1.54) is 0 Å². The van der Waals surface area contributed by atoms with Crippen LogP contribution in [0.3, 0.4) is 0 Å². The minimum Gasteiger partial charge on any atom is -0.456 e. The van der Waals surface area contributed by atoms with Gasteiger partial charge in [-0.05, 0) is 94.6 Å². The van der Waals surface area contributed by atoms with E-state index >= 15 is 0 Å². The molecule has 10 rings (SSSR count). The van der Waals surface area contributed by atoms with Crippen LogP contribution in [-0.4, -0.2) is 0 Å². The highest BCUT2D eigenvalue weighted by Crippen LogP contribution is 2.48. The Morgan fingerprint density at radius 1 is 0.362 bits per heavy atom. The van der Waals surface area contributed by atoms with E-state index in [2.05, 4.69) is 54.6 Å². The molecular formula is C46H28O. The topological polar surface area (TPSA) is 13.1 Å². The van der Waals surface area contributed by atoms with Gasteiger partial charge in [0.1, 0.15) is 11.2 Å². The first-order valence-corrected chi connectivity index (χ1v) is 15.5. The molecule has 0 spiro atoms. The summed E-state index contributed by atoms with van der Waals surface area (Å²) in [4.78, 5) is 0. The van der Waals surface area contributed by atoms with Crippen molar-refractivity contribution in [2.75, 3.05) is 0 Å². The van der Waals surface area contributed by atoms with Gasteiger partial charge in [0.2, 0.25) is 0 Å². The van der Waals surface area contributed by atoms with E-state index in [1.54, 1.807) is 0 Å². The summed E-state index contributed by atoms with van der Waals surface area (Å²) in [7, 11) is 0. The van der Waals surface area contributed by atoms with Crippen molar-refractivity contribution in [1.29, 1.82) is 0 Å². The molecule has 1 heteroatoms. The lowest BCUT2D eigenvalue weighted by Gasteiger charge is -2.20. The van der Waals surface area contributed by atoms with Gasteiger partial charge in [0.05, 0.1) is 12.3 Å². The third-order valence-corrected chi connectivity index (χ3v) is 9.15. The fourth-order valence-corrected chi connectivity index (χ4v) is 7.19. The van der Waals surface area contributed by atoms with Gasteiger partial charge in [-0.1, -0.05) is 152 Å². The lowest BCUT2D eigenvalue weighted by atomic mass is 9.82. The zero-order valence-corrected chi connectivity index (χ0v) is 24.9. The predicted molar refractivity (Wildman–Crippen MR) is 200 cm³/mol. The van der Waals surface area contributed by atoms with E-state index in [1.807, 2.05) is 60.7 Å². The Bertz CT molecular complexity index is 3300. The Morgan fingerprint density at radius 2 is 0.915 bits per heavy atom. The van der Waals surface area contributed by atoms with Crippen LogP contribution in [0.4, 0.5) is 0 Å². The normalized spacial score (nSPS) is 14.5. The van der Waals surface area contributed by atoms with Crippen molar-refractivity contribution in [2.24, 2.45) is 0 Å². The lowest BCUT2D eigenvalue weighted by molar-refractivity contribution is 0.669. The van der Waals surface area contributed by atoms with Crippen LogP contribution in [-0.2, 0) is 0 Å². The highest BCUT2D eigenvalue weighted by Gasteiger charge is 2.21. The Balaban J connectivity index is 1.37. The SMILES string of the molecule is [2H]c1c([2H])c(-c2ccccc2-c2c3ccccc3c(-c3cccc4ccccc34)c3ccccc23)c2c(oc3c([2H])c4c([2H])c([2H])c([2H])c([2H])c4c([2H])c32)c1[2H]. The molecule has 0 aliphatic heterocycles. The van der Waals surface area contributed by atoms with Crippen LogP contribution < -0.4 is 0 Å². The molecule has 0 aliphatic rings. The monoisotopic (exact) mass is 605 g/mol. The van der Waals surface area contributed by atoms with Crippen molar-refractivity contribution in [3.63, 3.8) is 0 Å². The van der Waals surface area contributed by atoms with Crippen LogP contribution in [0, 0.1) is 0 Å². The van der Waals surface area contributed by atoms with E-state index in [4.69, 9.17) is 14.0 Å². The molecule has 0 atom stereocenters. The predicted octanol–water partition coefficient (Wildman–Crippen LogP) is 13.2. The quantitative estimate of drug-likeness (QED) is 0.183. The van der Waals surface area contributed by atoms with Crippen LogP contribution in [0.25, 0.3) is 98.4 Å². The van der Waals surface area contributed by atoms with Crippen molar-refractivity contribution in [3.8, 4) is 33.4 Å². The second-order valence-electron chi connectivity index (χ2n) is 11.7. The van der Waals surface area contributed by atoms with Crippen molar-refractivity contribution in [3.05, 3.63) is 170 Å². The van der Waals surface area contributed by atoms with Gasteiger partial charge in [0, 0.05) is 10.8 Å². The Labute approximate surface area is 284 Å². The number of benzene rings is 9. The van der Waals surface area contributed by atoms with Crippen LogP contribution in [0.2, 0.25) is 0 Å². The average molecular weight is 606 g/mol. The highest BCUT2D eigenvalue weighted by molar-refractivity contribution is 6.25. The van der Waals surface area contributed by atoms with Crippen LogP contribution in [0.15, 0.2) is 174 Å². The standard InChI is InChI=1S/C46H28O/c1-2-15-31-28-43-41(27-30(31)14-1)46-36(25-12-26-42(46)47-43)33-18-5-6-19-35(33)45-39-22-9-7-20-37(39)44(38-21-8-10-23-40(38)45)34-24-11-16-29-13-3-4-17-32(29)34/h1-28H/i1D,2D,12D,14D,15D,25D,26D,27D,28D. The van der Waals surface area contributed by atoms with E-state index in [-0.39, 0.29) is 62.4 Å². The minimum absolute atomic E-state index is 0.0513. The molecule has 0 aliphatic carbocycles. The lowest BCUT2D eigenvalue weighted by Crippen LogP contribution is -1.93. The molecular weight excluding hydrogens is 569 g/mol. The van der Waals surface area contributed by atoms with Gasteiger partial charge in [-0.2, -0.15) is 0 Å². The maximum absolute atomic E-state index is 9.42. The fraction of sp³-hybridized carbons (Fsp3) is 0. The van der Waals surface area contributed by atoms with Crippen molar-refractivity contribution < 1.29 is 16.8 Å². The van der Waals surface area contributed by atoms with Crippen LogP contribution >= 0.6 is 0 Å². The summed E-state index contributed by atoms with van der Waals surface area (Å²) in [5, 5.41) is 6.13. The summed E-state index contributed by atoms with van der Waals surface area (Å²) in [6, 6.07) is 35.0. The van der Waals surface area contributed by atoms with Gasteiger partial charge in [-0.15, -0.1) is 0 Å². The summed E-state index contributed by atoms with van der Waals surface area (Å²) in [6.45, 7) is 0. The Kier molecular flexibility index (Phi) is 4.05. The van der Waals surface area contributed by atoms with Crippen LogP contribution in [0.1, 0.15) is 12.3 Å². The number of furan rings is 1. The van der Waals surface area contributed by atoms with Gasteiger partial charge in [-0.3, -0.25) is 0 Å². The Hall–Kier alpha value is -6.18. The zero-order chi connectivity index (χ0) is 38.7. The van der Waals surface area contributed by atoms with Gasteiger partial charge in [-0.25, -0.2) is 0 Å². The highest BCUT2D eigenvalue weighted by atomic mass is 16.3. The fourth-order valence-electron chi connectivity index (χ4n) is 7.19. The van der Waals surface area contributed by atoms with E-state index in [0.29, 0.717) is 5.56 Å². The van der Waals surface area contributed by atoms with Crippen molar-refractivity contribution in [2.45, 2.75) is 0 Å². The number of fused-ring (bicyclic) bond motifs is 7. The summed E-state index contributed by atoms with van der Waals surface area (Å²) in [5.41, 5.74) is 4.36. The molecule has 0 amide bonds. The summed E-state index contributed by atoms with van der Waals surface area (Å²) in [5.74, 6) is 0. The molecule has 0 bridgehead atoms. The van der Waals surface area contributed by atoms with Gasteiger partial charge >= 0.3 is 0 Å². The van der Waals surface area contributed by atoms with Crippen molar-refractivity contribution in [1.82, 2.24) is 0 Å². The first-order chi connectivity index (χ1) is 27.1. The third kappa shape index (κ3) is 3.90. The maximum Gasteiger partial charge on any atom is 0.136 e. The van der Waals surface area contributed by atoms with E-state index in [0.717, 1.165) is 54.6 Å². The molecule has 0 radical (unpaired) electrons. The van der Waals surface area contributed by atoms with Gasteiger partial charge in [0.25, 0.3) is 0 Å². The average Bonchev–Trinajstić information content (AvgIpc) is 3.63. The molecule has 0 N–H and O–H groups in total. The molecule has 0 saturated carbocycles. The molecule has 0 fully saturated rings. The first kappa shape index (κ1) is 18.7. The molecule has 9 aromatic carbocycles. The molecule has 0 unspecified atom stereocenters. The summed E-state index contributed by atoms with van der Waals surface area (Å²) in [6.07, 6.45) is 0. The minimum atomic E-state index is -0.533. The smallest absolute Gasteiger partial charge is 0.136 e.